The third kappa shape index (κ3) is 6.06. The van der Waals surface area contributed by atoms with Crippen molar-refractivity contribution < 1.29 is 14.6 Å². The molecule has 1 rings (SSSR count). The highest BCUT2D eigenvalue weighted by Crippen LogP contribution is 2.21. The van der Waals surface area contributed by atoms with Gasteiger partial charge in [-0.05, 0) is 37.6 Å². The van der Waals surface area contributed by atoms with Crippen LogP contribution in [0, 0.1) is 5.92 Å². The lowest BCUT2D eigenvalue weighted by Crippen LogP contribution is -2.32. The number of rotatable bonds is 10. The predicted octanol–water partition coefficient (Wildman–Crippen LogP) is 3.80. The Morgan fingerprint density at radius 1 is 1.24 bits per heavy atom. The number of hydrogen-bond acceptors (Lipinski definition) is 3. The summed E-state index contributed by atoms with van der Waals surface area (Å²) in [4.78, 5) is 13.2. The van der Waals surface area contributed by atoms with Crippen LogP contribution in [0.3, 0.4) is 0 Å². The van der Waals surface area contributed by atoms with Crippen LogP contribution >= 0.6 is 0 Å². The first-order valence-electron chi connectivity index (χ1n) is 7.79. The third-order valence-corrected chi connectivity index (χ3v) is 3.46. The molecule has 0 aromatic heterocycles. The predicted molar refractivity (Wildman–Crippen MR) is 86.1 cm³/mol. The normalized spacial score (nSPS) is 12.0. The maximum atomic E-state index is 11.1. The molecule has 1 unspecified atom stereocenters. The van der Waals surface area contributed by atoms with E-state index in [-0.39, 0.29) is 5.92 Å². The van der Waals surface area contributed by atoms with Crippen molar-refractivity contribution in [3.05, 3.63) is 24.3 Å². The number of carboxylic acids is 1. The van der Waals surface area contributed by atoms with Crippen LogP contribution in [-0.4, -0.2) is 30.8 Å². The van der Waals surface area contributed by atoms with Gasteiger partial charge in [-0.3, -0.25) is 4.79 Å². The smallest absolute Gasteiger partial charge is 0.308 e. The Morgan fingerprint density at radius 2 is 1.90 bits per heavy atom. The van der Waals surface area contributed by atoms with E-state index in [9.17, 15) is 4.79 Å². The highest BCUT2D eigenvalue weighted by Gasteiger charge is 2.16. The molecule has 0 radical (unpaired) electrons. The van der Waals surface area contributed by atoms with Crippen LogP contribution in [0.15, 0.2) is 24.3 Å². The second-order valence-electron chi connectivity index (χ2n) is 5.32. The summed E-state index contributed by atoms with van der Waals surface area (Å²) in [6.45, 7) is 7.95. The van der Waals surface area contributed by atoms with Crippen LogP contribution in [-0.2, 0) is 4.79 Å². The number of benzene rings is 1. The average molecular weight is 293 g/mol. The van der Waals surface area contributed by atoms with E-state index >= 15 is 0 Å². The third-order valence-electron chi connectivity index (χ3n) is 3.46. The molecular weight excluding hydrogens is 266 g/mol. The molecule has 0 aliphatic heterocycles. The van der Waals surface area contributed by atoms with Gasteiger partial charge in [-0.1, -0.05) is 26.7 Å². The molecule has 1 N–H and O–H groups in total. The second kappa shape index (κ2) is 9.27. The monoisotopic (exact) mass is 293 g/mol. The number of carboxylic acid groups (broad SMARTS) is 1. The fourth-order valence-corrected chi connectivity index (χ4v) is 2.21. The van der Waals surface area contributed by atoms with Gasteiger partial charge in [-0.15, -0.1) is 0 Å². The van der Waals surface area contributed by atoms with Gasteiger partial charge < -0.3 is 14.7 Å². The molecule has 118 valence electrons. The summed E-state index contributed by atoms with van der Waals surface area (Å²) in [5.41, 5.74) is 1.06. The Labute approximate surface area is 127 Å². The van der Waals surface area contributed by atoms with Crippen LogP contribution in [0.4, 0.5) is 5.69 Å². The van der Waals surface area contributed by atoms with Gasteiger partial charge in [0.1, 0.15) is 5.75 Å². The fraction of sp³-hybridized carbons (Fsp3) is 0.588. The number of carbonyl (C=O) groups is 1. The summed E-state index contributed by atoms with van der Waals surface area (Å²) in [5, 5.41) is 9.12. The summed E-state index contributed by atoms with van der Waals surface area (Å²) in [5.74, 6) is -0.277. The van der Waals surface area contributed by atoms with E-state index in [4.69, 9.17) is 9.84 Å². The van der Waals surface area contributed by atoms with Crippen molar-refractivity contribution in [3.8, 4) is 5.75 Å². The van der Waals surface area contributed by atoms with E-state index in [1.165, 1.54) is 0 Å². The van der Waals surface area contributed by atoms with Crippen molar-refractivity contribution in [2.24, 2.45) is 5.92 Å². The van der Waals surface area contributed by atoms with Crippen LogP contribution in [0.2, 0.25) is 0 Å². The van der Waals surface area contributed by atoms with Gasteiger partial charge in [0.05, 0.1) is 12.5 Å². The molecule has 1 aromatic rings. The minimum absolute atomic E-state index is 0.377. The van der Waals surface area contributed by atoms with Gasteiger partial charge in [0.2, 0.25) is 0 Å². The zero-order chi connectivity index (χ0) is 15.7. The van der Waals surface area contributed by atoms with Crippen molar-refractivity contribution in [2.45, 2.75) is 40.0 Å². The van der Waals surface area contributed by atoms with E-state index in [0.29, 0.717) is 13.2 Å². The molecule has 4 nitrogen and oxygen atoms in total. The van der Waals surface area contributed by atoms with Crippen molar-refractivity contribution in [3.63, 3.8) is 0 Å². The summed E-state index contributed by atoms with van der Waals surface area (Å²) >= 11 is 0. The lowest BCUT2D eigenvalue weighted by atomic mass is 10.1. The first kappa shape index (κ1) is 17.3. The van der Waals surface area contributed by atoms with E-state index in [1.54, 1.807) is 6.92 Å². The van der Waals surface area contributed by atoms with Gasteiger partial charge in [-0.25, -0.2) is 0 Å². The standard InChI is InChI=1S/C17H27NO3/c1-4-6-7-12-18(13-14(3)17(19)20)15-8-10-16(11-9-15)21-5-2/h8-11,14H,4-7,12-13H2,1-3H3,(H,19,20). The van der Waals surface area contributed by atoms with E-state index in [1.807, 2.05) is 31.2 Å². The van der Waals surface area contributed by atoms with Gasteiger partial charge in [0.25, 0.3) is 0 Å². The molecule has 0 spiro atoms. The largest absolute Gasteiger partial charge is 0.494 e. The maximum absolute atomic E-state index is 11.1. The first-order valence-corrected chi connectivity index (χ1v) is 7.79. The summed E-state index contributed by atoms with van der Waals surface area (Å²) in [7, 11) is 0. The molecule has 0 aliphatic rings. The molecule has 0 fully saturated rings. The van der Waals surface area contributed by atoms with Gasteiger partial charge in [-0.2, -0.15) is 0 Å². The maximum Gasteiger partial charge on any atom is 0.308 e. The quantitative estimate of drug-likeness (QED) is 0.667. The van der Waals surface area contributed by atoms with Crippen molar-refractivity contribution in [2.75, 3.05) is 24.6 Å². The Morgan fingerprint density at radius 3 is 2.43 bits per heavy atom. The summed E-state index contributed by atoms with van der Waals surface area (Å²) < 4.78 is 5.45. The van der Waals surface area contributed by atoms with Crippen molar-refractivity contribution in [1.29, 1.82) is 0 Å². The summed E-state index contributed by atoms with van der Waals surface area (Å²) in [6, 6.07) is 7.89. The van der Waals surface area contributed by atoms with E-state index in [0.717, 1.165) is 37.2 Å². The van der Waals surface area contributed by atoms with Crippen LogP contribution in [0.5, 0.6) is 5.75 Å². The second-order valence-corrected chi connectivity index (χ2v) is 5.32. The zero-order valence-corrected chi connectivity index (χ0v) is 13.3. The molecule has 0 saturated heterocycles. The SMILES string of the molecule is CCCCCN(CC(C)C(=O)O)c1ccc(OCC)cc1. The number of unbranched alkanes of at least 4 members (excludes halogenated alkanes) is 2. The minimum atomic E-state index is -0.749. The zero-order valence-electron chi connectivity index (χ0n) is 13.3. The Hall–Kier alpha value is -1.71. The van der Waals surface area contributed by atoms with E-state index in [2.05, 4.69) is 11.8 Å². The van der Waals surface area contributed by atoms with Gasteiger partial charge in [0.15, 0.2) is 0 Å². The fourth-order valence-electron chi connectivity index (χ4n) is 2.21. The number of anilines is 1. The lowest BCUT2D eigenvalue weighted by Gasteiger charge is -2.27. The molecule has 21 heavy (non-hydrogen) atoms. The van der Waals surface area contributed by atoms with Crippen LogP contribution in [0.1, 0.15) is 40.0 Å². The van der Waals surface area contributed by atoms with Crippen molar-refractivity contribution >= 4 is 11.7 Å². The highest BCUT2D eigenvalue weighted by atomic mass is 16.5. The topological polar surface area (TPSA) is 49.8 Å². The average Bonchev–Trinajstić information content (AvgIpc) is 2.47. The molecule has 0 saturated carbocycles. The highest BCUT2D eigenvalue weighted by molar-refractivity contribution is 5.70. The molecule has 1 atom stereocenters. The van der Waals surface area contributed by atoms with Gasteiger partial charge in [0, 0.05) is 18.8 Å². The van der Waals surface area contributed by atoms with Crippen LogP contribution in [0.25, 0.3) is 0 Å². The van der Waals surface area contributed by atoms with Crippen LogP contribution < -0.4 is 9.64 Å². The molecule has 0 heterocycles. The van der Waals surface area contributed by atoms with E-state index < -0.39 is 5.97 Å². The number of aliphatic carboxylic acids is 1. The first-order chi connectivity index (χ1) is 10.1. The molecule has 0 aliphatic carbocycles. The Balaban J connectivity index is 2.75. The minimum Gasteiger partial charge on any atom is -0.494 e. The Kier molecular flexibility index (Phi) is 7.65. The summed E-state index contributed by atoms with van der Waals surface area (Å²) in [6.07, 6.45) is 3.40. The van der Waals surface area contributed by atoms with Crippen molar-refractivity contribution in [1.82, 2.24) is 0 Å². The molecule has 4 heteroatoms. The molecule has 1 aromatic carbocycles. The number of ether oxygens (including phenoxy) is 1. The molecule has 0 bridgehead atoms. The lowest BCUT2D eigenvalue weighted by molar-refractivity contribution is -0.140. The number of hydrogen-bond donors (Lipinski definition) is 1. The molecule has 0 amide bonds. The van der Waals surface area contributed by atoms with Gasteiger partial charge >= 0.3 is 5.97 Å². The number of nitrogens with zero attached hydrogens (tertiary/aromatic N) is 1. The molecular formula is C17H27NO3. The Bertz CT molecular complexity index is 417.